The molecule has 10 heteroatoms. The molecule has 2 N–H and O–H groups in total. The van der Waals surface area contributed by atoms with E-state index in [1.807, 2.05) is 30.3 Å². The van der Waals surface area contributed by atoms with Crippen LogP contribution in [-0.2, 0) is 14.8 Å². The molecule has 0 radical (unpaired) electrons. The Balaban J connectivity index is 1.51. The summed E-state index contributed by atoms with van der Waals surface area (Å²) in [6.07, 6.45) is 1.17. The van der Waals surface area contributed by atoms with E-state index in [9.17, 15) is 18.3 Å². The van der Waals surface area contributed by atoms with Crippen molar-refractivity contribution in [3.63, 3.8) is 0 Å². The number of hydrogen-bond acceptors (Lipinski definition) is 7. The molecule has 1 aliphatic heterocycles. The Bertz CT molecular complexity index is 1130. The highest BCUT2D eigenvalue weighted by molar-refractivity contribution is 7.89. The van der Waals surface area contributed by atoms with Gasteiger partial charge in [0.05, 0.1) is 30.3 Å². The molecule has 1 saturated heterocycles. The number of piperidine rings is 1. The maximum Gasteiger partial charge on any atom is 0.245 e. The fraction of sp³-hybridized carbons (Fsp3) is 0.350. The van der Waals surface area contributed by atoms with E-state index in [-0.39, 0.29) is 24.0 Å². The molecule has 30 heavy (non-hydrogen) atoms. The number of rotatable bonds is 6. The van der Waals surface area contributed by atoms with E-state index < -0.39 is 22.0 Å². The van der Waals surface area contributed by atoms with Gasteiger partial charge in [0.2, 0.25) is 15.9 Å². The lowest BCUT2D eigenvalue weighted by Gasteiger charge is -2.32. The predicted molar refractivity (Wildman–Crippen MR) is 113 cm³/mol. The molecule has 3 aromatic rings. The topological polar surface area (TPSA) is 112 Å². The lowest BCUT2D eigenvalue weighted by Crippen LogP contribution is -2.46. The standard InChI is InChI=1S/C20H22N4O4S2/c25-13-17(14-6-2-1-3-7-14)21-20(26)15-8-5-11-24(12-15)30(27,28)18-10-4-9-16-19(18)23-29-22-16/h1-4,6-7,9-10,15,17,25H,5,8,11-13H2,(H,21,26). The number of aliphatic hydroxyl groups excluding tert-OH is 1. The average molecular weight is 447 g/mol. The Labute approximate surface area is 178 Å². The van der Waals surface area contributed by atoms with E-state index >= 15 is 0 Å². The maximum atomic E-state index is 13.3. The molecule has 8 nitrogen and oxygen atoms in total. The number of aromatic nitrogens is 2. The molecule has 1 aromatic heterocycles. The quantitative estimate of drug-likeness (QED) is 0.598. The number of aliphatic hydroxyl groups is 1. The summed E-state index contributed by atoms with van der Waals surface area (Å²) in [5.41, 5.74) is 1.70. The summed E-state index contributed by atoms with van der Waals surface area (Å²) >= 11 is 0.972. The Morgan fingerprint density at radius 2 is 2.00 bits per heavy atom. The largest absolute Gasteiger partial charge is 0.394 e. The smallest absolute Gasteiger partial charge is 0.245 e. The van der Waals surface area contributed by atoms with E-state index in [1.54, 1.807) is 12.1 Å². The number of hydrogen-bond donors (Lipinski definition) is 2. The minimum Gasteiger partial charge on any atom is -0.394 e. The van der Waals surface area contributed by atoms with Gasteiger partial charge in [0, 0.05) is 13.1 Å². The predicted octanol–water partition coefficient (Wildman–Crippen LogP) is 1.94. The molecule has 158 valence electrons. The lowest BCUT2D eigenvalue weighted by molar-refractivity contribution is -0.127. The number of amides is 1. The maximum absolute atomic E-state index is 13.3. The van der Waals surface area contributed by atoms with Crippen molar-refractivity contribution in [3.8, 4) is 0 Å². The van der Waals surface area contributed by atoms with Gasteiger partial charge < -0.3 is 10.4 Å². The number of benzene rings is 2. The lowest BCUT2D eigenvalue weighted by atomic mass is 9.97. The number of carbonyl (C=O) groups is 1. The molecule has 2 unspecified atom stereocenters. The third kappa shape index (κ3) is 4.08. The zero-order valence-electron chi connectivity index (χ0n) is 16.1. The number of nitrogens with one attached hydrogen (secondary N) is 1. The fourth-order valence-electron chi connectivity index (χ4n) is 3.71. The van der Waals surface area contributed by atoms with E-state index in [2.05, 4.69) is 14.1 Å². The molecule has 0 saturated carbocycles. The van der Waals surface area contributed by atoms with E-state index in [1.165, 1.54) is 10.4 Å². The number of carbonyl (C=O) groups excluding carboxylic acids is 1. The molecular weight excluding hydrogens is 424 g/mol. The zero-order chi connectivity index (χ0) is 21.1. The van der Waals surface area contributed by atoms with Crippen molar-refractivity contribution in [2.45, 2.75) is 23.8 Å². The Morgan fingerprint density at radius 3 is 2.77 bits per heavy atom. The number of nitrogens with zero attached hydrogens (tertiary/aromatic N) is 3. The summed E-state index contributed by atoms with van der Waals surface area (Å²) in [5.74, 6) is -0.745. The van der Waals surface area contributed by atoms with Crippen LogP contribution in [0.15, 0.2) is 53.4 Å². The van der Waals surface area contributed by atoms with Crippen molar-refractivity contribution >= 4 is 38.7 Å². The van der Waals surface area contributed by atoms with Crippen LogP contribution in [-0.4, -0.2) is 52.2 Å². The Kier molecular flexibility index (Phi) is 6.09. The summed E-state index contributed by atoms with van der Waals surface area (Å²) in [6.45, 7) is 0.209. The van der Waals surface area contributed by atoms with Crippen molar-refractivity contribution in [2.24, 2.45) is 5.92 Å². The SMILES string of the molecule is O=C(NC(CO)c1ccccc1)C1CCCN(S(=O)(=O)c2cccc3nsnc23)C1. The molecule has 1 aliphatic rings. The first-order chi connectivity index (χ1) is 14.5. The van der Waals surface area contributed by atoms with Crippen molar-refractivity contribution in [3.05, 3.63) is 54.1 Å². The van der Waals surface area contributed by atoms with E-state index in [4.69, 9.17) is 0 Å². The van der Waals surface area contributed by atoms with Crippen LogP contribution in [0.25, 0.3) is 11.0 Å². The Morgan fingerprint density at radius 1 is 1.20 bits per heavy atom. The molecule has 1 amide bonds. The second kappa shape index (κ2) is 8.76. The van der Waals surface area contributed by atoms with Crippen LogP contribution in [0.2, 0.25) is 0 Å². The third-order valence-corrected chi connectivity index (χ3v) is 7.76. The summed E-state index contributed by atoms with van der Waals surface area (Å²) in [4.78, 5) is 13.0. The van der Waals surface area contributed by atoms with Gasteiger partial charge >= 0.3 is 0 Å². The van der Waals surface area contributed by atoms with Gasteiger partial charge in [-0.3, -0.25) is 4.79 Å². The Hall–Kier alpha value is -2.40. The first-order valence-corrected chi connectivity index (χ1v) is 11.9. The van der Waals surface area contributed by atoms with Crippen LogP contribution in [0, 0.1) is 5.92 Å². The highest BCUT2D eigenvalue weighted by atomic mass is 32.2. The average Bonchev–Trinajstić information content (AvgIpc) is 3.27. The first kappa shape index (κ1) is 20.9. The molecule has 0 spiro atoms. The second-order valence-corrected chi connectivity index (χ2v) is 9.68. The van der Waals surface area contributed by atoms with Gasteiger partial charge in [0.25, 0.3) is 0 Å². The number of fused-ring (bicyclic) bond motifs is 1. The van der Waals surface area contributed by atoms with Crippen molar-refractivity contribution in [1.29, 1.82) is 0 Å². The van der Waals surface area contributed by atoms with Gasteiger partial charge in [-0.1, -0.05) is 36.4 Å². The number of sulfonamides is 1. The molecule has 2 aromatic carbocycles. The van der Waals surface area contributed by atoms with Crippen LogP contribution < -0.4 is 5.32 Å². The summed E-state index contributed by atoms with van der Waals surface area (Å²) < 4.78 is 36.1. The van der Waals surface area contributed by atoms with Gasteiger partial charge in [0.15, 0.2) is 0 Å². The highest BCUT2D eigenvalue weighted by Crippen LogP contribution is 2.28. The van der Waals surface area contributed by atoms with Crippen molar-refractivity contribution in [2.75, 3.05) is 19.7 Å². The fourth-order valence-corrected chi connectivity index (χ4v) is 5.99. The normalized spacial score (nSPS) is 18.9. The van der Waals surface area contributed by atoms with Gasteiger partial charge in [-0.05, 0) is 30.5 Å². The first-order valence-electron chi connectivity index (χ1n) is 9.68. The van der Waals surface area contributed by atoms with E-state index in [0.29, 0.717) is 30.4 Å². The molecule has 0 aliphatic carbocycles. The van der Waals surface area contributed by atoms with Gasteiger partial charge in [-0.15, -0.1) is 0 Å². The van der Waals surface area contributed by atoms with Crippen LogP contribution in [0.3, 0.4) is 0 Å². The van der Waals surface area contributed by atoms with Gasteiger partial charge in [0.1, 0.15) is 15.9 Å². The van der Waals surface area contributed by atoms with Crippen LogP contribution in [0.1, 0.15) is 24.4 Å². The molecular formula is C20H22N4O4S2. The monoisotopic (exact) mass is 446 g/mol. The van der Waals surface area contributed by atoms with Crippen LogP contribution >= 0.6 is 11.7 Å². The van der Waals surface area contributed by atoms with Gasteiger partial charge in [-0.25, -0.2) is 8.42 Å². The molecule has 2 atom stereocenters. The van der Waals surface area contributed by atoms with Crippen molar-refractivity contribution < 1.29 is 18.3 Å². The summed E-state index contributed by atoms with van der Waals surface area (Å²) in [6, 6.07) is 13.6. The molecule has 0 bridgehead atoms. The minimum atomic E-state index is -3.80. The third-order valence-electron chi connectivity index (χ3n) is 5.32. The molecule has 1 fully saturated rings. The van der Waals surface area contributed by atoms with E-state index in [0.717, 1.165) is 17.3 Å². The molecule has 2 heterocycles. The van der Waals surface area contributed by atoms with Crippen LogP contribution in [0.5, 0.6) is 0 Å². The molecule has 4 rings (SSSR count). The summed E-state index contributed by atoms with van der Waals surface area (Å²) in [5, 5.41) is 12.6. The zero-order valence-corrected chi connectivity index (χ0v) is 17.8. The van der Waals surface area contributed by atoms with Gasteiger partial charge in [-0.2, -0.15) is 13.1 Å². The minimum absolute atomic E-state index is 0.0923. The van der Waals surface area contributed by atoms with Crippen molar-refractivity contribution in [1.82, 2.24) is 18.4 Å². The highest BCUT2D eigenvalue weighted by Gasteiger charge is 2.35. The second-order valence-electron chi connectivity index (χ2n) is 7.24. The summed E-state index contributed by atoms with van der Waals surface area (Å²) in [7, 11) is -3.80. The van der Waals surface area contributed by atoms with Crippen LogP contribution in [0.4, 0.5) is 0 Å².